The average Bonchev–Trinajstić information content (AvgIpc) is 2.38. The molecule has 1 aromatic carbocycles. The van der Waals surface area contributed by atoms with Gasteiger partial charge < -0.3 is 10.6 Å². The summed E-state index contributed by atoms with van der Waals surface area (Å²) in [6.07, 6.45) is 2.09. The Morgan fingerprint density at radius 3 is 2.55 bits per heavy atom. The Labute approximate surface area is 127 Å². The van der Waals surface area contributed by atoms with E-state index in [2.05, 4.69) is 24.5 Å². The number of benzene rings is 1. The molecular formula is C16H25ClN2O. The van der Waals surface area contributed by atoms with E-state index >= 15 is 0 Å². The van der Waals surface area contributed by atoms with Crippen molar-refractivity contribution in [3.63, 3.8) is 0 Å². The lowest BCUT2D eigenvalue weighted by molar-refractivity contribution is 0.0938. The second-order valence-corrected chi connectivity index (χ2v) is 6.00. The Bertz CT molecular complexity index is 446. The van der Waals surface area contributed by atoms with E-state index in [0.717, 1.165) is 25.1 Å². The van der Waals surface area contributed by atoms with E-state index in [9.17, 15) is 4.79 Å². The molecule has 3 nitrogen and oxygen atoms in total. The SMILES string of the molecule is CCNc1ccc(Cl)cc1C(=O)NC(C)CCC(C)C. The molecule has 0 aliphatic rings. The second-order valence-electron chi connectivity index (χ2n) is 5.57. The second kappa shape index (κ2) is 8.15. The number of carbonyl (C=O) groups is 1. The van der Waals surface area contributed by atoms with Crippen LogP contribution >= 0.6 is 11.6 Å². The highest BCUT2D eigenvalue weighted by atomic mass is 35.5. The van der Waals surface area contributed by atoms with Crippen LogP contribution in [-0.4, -0.2) is 18.5 Å². The molecule has 2 N–H and O–H groups in total. The smallest absolute Gasteiger partial charge is 0.253 e. The van der Waals surface area contributed by atoms with Crippen molar-refractivity contribution in [2.75, 3.05) is 11.9 Å². The van der Waals surface area contributed by atoms with E-state index < -0.39 is 0 Å². The predicted molar refractivity (Wildman–Crippen MR) is 86.6 cm³/mol. The van der Waals surface area contributed by atoms with Crippen LogP contribution in [0.1, 0.15) is 50.9 Å². The maximum Gasteiger partial charge on any atom is 0.253 e. The highest BCUT2D eigenvalue weighted by Crippen LogP contribution is 2.21. The van der Waals surface area contributed by atoms with E-state index in [4.69, 9.17) is 11.6 Å². The van der Waals surface area contributed by atoms with Crippen molar-refractivity contribution in [1.29, 1.82) is 0 Å². The summed E-state index contributed by atoms with van der Waals surface area (Å²) in [5.74, 6) is 0.581. The standard InChI is InChI=1S/C16H25ClN2O/c1-5-18-15-9-8-13(17)10-14(15)16(20)19-12(4)7-6-11(2)3/h8-12,18H,5-7H2,1-4H3,(H,19,20). The molecule has 1 amide bonds. The van der Waals surface area contributed by atoms with E-state index in [-0.39, 0.29) is 11.9 Å². The average molecular weight is 297 g/mol. The summed E-state index contributed by atoms with van der Waals surface area (Å²) in [5.41, 5.74) is 1.43. The number of anilines is 1. The van der Waals surface area contributed by atoms with Gasteiger partial charge >= 0.3 is 0 Å². The first-order valence-electron chi connectivity index (χ1n) is 7.28. The van der Waals surface area contributed by atoms with Gasteiger partial charge in [-0.15, -0.1) is 0 Å². The first-order chi connectivity index (χ1) is 9.43. The van der Waals surface area contributed by atoms with Gasteiger partial charge in [-0.1, -0.05) is 25.4 Å². The minimum absolute atomic E-state index is 0.0697. The number of hydrogen-bond donors (Lipinski definition) is 2. The van der Waals surface area contributed by atoms with Crippen molar-refractivity contribution in [1.82, 2.24) is 5.32 Å². The van der Waals surface area contributed by atoms with Crippen molar-refractivity contribution in [2.45, 2.75) is 46.6 Å². The van der Waals surface area contributed by atoms with Gasteiger partial charge in [-0.2, -0.15) is 0 Å². The van der Waals surface area contributed by atoms with Crippen LogP contribution in [0.15, 0.2) is 18.2 Å². The van der Waals surface area contributed by atoms with Crippen molar-refractivity contribution in [3.05, 3.63) is 28.8 Å². The third-order valence-electron chi connectivity index (χ3n) is 3.15. The van der Waals surface area contributed by atoms with Crippen LogP contribution in [0.3, 0.4) is 0 Å². The molecule has 1 unspecified atom stereocenters. The maximum atomic E-state index is 12.3. The molecule has 0 aromatic heterocycles. The van der Waals surface area contributed by atoms with Crippen molar-refractivity contribution in [3.8, 4) is 0 Å². The topological polar surface area (TPSA) is 41.1 Å². The summed E-state index contributed by atoms with van der Waals surface area (Å²) < 4.78 is 0. The van der Waals surface area contributed by atoms with E-state index in [1.807, 2.05) is 19.9 Å². The Balaban J connectivity index is 2.73. The largest absolute Gasteiger partial charge is 0.385 e. The fourth-order valence-electron chi connectivity index (χ4n) is 2.01. The van der Waals surface area contributed by atoms with Crippen molar-refractivity contribution >= 4 is 23.2 Å². The van der Waals surface area contributed by atoms with Crippen LogP contribution in [0.4, 0.5) is 5.69 Å². The summed E-state index contributed by atoms with van der Waals surface area (Å²) in [7, 11) is 0. The van der Waals surface area contributed by atoms with Gasteiger partial charge in [-0.05, 0) is 50.8 Å². The van der Waals surface area contributed by atoms with Crippen molar-refractivity contribution in [2.24, 2.45) is 5.92 Å². The summed E-state index contributed by atoms with van der Waals surface area (Å²) in [4.78, 5) is 12.3. The number of amides is 1. The predicted octanol–water partition coefficient (Wildman–Crippen LogP) is 4.33. The van der Waals surface area contributed by atoms with Gasteiger partial charge in [0.1, 0.15) is 0 Å². The lowest BCUT2D eigenvalue weighted by Crippen LogP contribution is -2.33. The summed E-state index contributed by atoms with van der Waals surface area (Å²) in [6.45, 7) is 9.19. The van der Waals surface area contributed by atoms with Crippen LogP contribution in [-0.2, 0) is 0 Å². The Hall–Kier alpha value is -1.22. The molecule has 0 fully saturated rings. The normalized spacial score (nSPS) is 12.3. The summed E-state index contributed by atoms with van der Waals surface area (Å²) in [5, 5.41) is 6.80. The Morgan fingerprint density at radius 1 is 1.25 bits per heavy atom. The molecule has 0 aliphatic heterocycles. The summed E-state index contributed by atoms with van der Waals surface area (Å²) >= 11 is 5.99. The number of rotatable bonds is 7. The zero-order valence-corrected chi connectivity index (χ0v) is 13.6. The lowest BCUT2D eigenvalue weighted by atomic mass is 10.0. The van der Waals surface area contributed by atoms with E-state index in [1.54, 1.807) is 12.1 Å². The van der Waals surface area contributed by atoms with Gasteiger partial charge in [0.25, 0.3) is 5.91 Å². The molecule has 4 heteroatoms. The number of halogens is 1. The van der Waals surface area contributed by atoms with Crippen LogP contribution in [0.2, 0.25) is 5.02 Å². The fourth-order valence-corrected chi connectivity index (χ4v) is 2.18. The quantitative estimate of drug-likeness (QED) is 0.786. The van der Waals surface area contributed by atoms with Gasteiger partial charge in [0, 0.05) is 23.3 Å². The Kier molecular flexibility index (Phi) is 6.86. The molecule has 0 bridgehead atoms. The fraction of sp³-hybridized carbons (Fsp3) is 0.562. The molecule has 0 radical (unpaired) electrons. The molecule has 0 saturated carbocycles. The van der Waals surface area contributed by atoms with Crippen molar-refractivity contribution < 1.29 is 4.79 Å². The van der Waals surface area contributed by atoms with E-state index in [1.165, 1.54) is 0 Å². The van der Waals surface area contributed by atoms with Gasteiger partial charge in [-0.25, -0.2) is 0 Å². The van der Waals surface area contributed by atoms with Crippen LogP contribution in [0.25, 0.3) is 0 Å². The van der Waals surface area contributed by atoms with Gasteiger partial charge in [-0.3, -0.25) is 4.79 Å². The minimum Gasteiger partial charge on any atom is -0.385 e. The minimum atomic E-state index is -0.0697. The zero-order valence-electron chi connectivity index (χ0n) is 12.8. The third-order valence-corrected chi connectivity index (χ3v) is 3.38. The summed E-state index contributed by atoms with van der Waals surface area (Å²) in [6, 6.07) is 5.51. The highest BCUT2D eigenvalue weighted by molar-refractivity contribution is 6.31. The van der Waals surface area contributed by atoms with Crippen LogP contribution in [0, 0.1) is 5.92 Å². The van der Waals surface area contributed by atoms with Crippen LogP contribution in [0.5, 0.6) is 0 Å². The van der Waals surface area contributed by atoms with Gasteiger partial charge in [0.05, 0.1) is 5.56 Å². The third kappa shape index (κ3) is 5.41. The molecule has 1 aromatic rings. The molecular weight excluding hydrogens is 272 g/mol. The van der Waals surface area contributed by atoms with Gasteiger partial charge in [0.2, 0.25) is 0 Å². The molecule has 0 aliphatic carbocycles. The molecule has 112 valence electrons. The zero-order chi connectivity index (χ0) is 15.1. The van der Waals surface area contributed by atoms with E-state index in [0.29, 0.717) is 16.5 Å². The van der Waals surface area contributed by atoms with Crippen LogP contribution < -0.4 is 10.6 Å². The number of hydrogen-bond acceptors (Lipinski definition) is 2. The molecule has 20 heavy (non-hydrogen) atoms. The first-order valence-corrected chi connectivity index (χ1v) is 7.66. The highest BCUT2D eigenvalue weighted by Gasteiger charge is 2.14. The number of carbonyl (C=O) groups excluding carboxylic acids is 1. The monoisotopic (exact) mass is 296 g/mol. The first kappa shape index (κ1) is 16.8. The molecule has 0 saturated heterocycles. The lowest BCUT2D eigenvalue weighted by Gasteiger charge is -2.17. The molecule has 0 heterocycles. The molecule has 0 spiro atoms. The molecule has 1 rings (SSSR count). The molecule has 1 atom stereocenters. The number of nitrogens with one attached hydrogen (secondary N) is 2. The Morgan fingerprint density at radius 2 is 1.95 bits per heavy atom. The van der Waals surface area contributed by atoms with Gasteiger partial charge in [0.15, 0.2) is 0 Å². The maximum absolute atomic E-state index is 12.3.